The van der Waals surface area contributed by atoms with Gasteiger partial charge < -0.3 is 5.11 Å². The summed E-state index contributed by atoms with van der Waals surface area (Å²) in [5.74, 6) is -0.123. The van der Waals surface area contributed by atoms with Crippen molar-refractivity contribution in [1.82, 2.24) is 0 Å². The molecule has 0 aromatic carbocycles. The van der Waals surface area contributed by atoms with Crippen molar-refractivity contribution < 1.29 is 14.7 Å². The molecule has 3 nitrogen and oxygen atoms in total. The van der Waals surface area contributed by atoms with Gasteiger partial charge in [0.2, 0.25) is 0 Å². The number of carboxylic acid groups (broad SMARTS) is 1. The predicted octanol–water partition coefficient (Wildman–Crippen LogP) is 5.23. The lowest BCUT2D eigenvalue weighted by Crippen LogP contribution is -2.00. The normalized spacial score (nSPS) is 20.3. The Hall–Kier alpha value is -1.64. The van der Waals surface area contributed by atoms with Gasteiger partial charge in [0.15, 0.2) is 5.78 Å². The molecule has 0 bridgehead atoms. The second-order valence-corrected chi connectivity index (χ2v) is 6.20. The highest BCUT2D eigenvalue weighted by Gasteiger charge is 2.26. The monoisotopic (exact) mass is 318 g/mol. The number of unbranched alkanes of at least 4 members (excludes halogenated alkanes) is 4. The summed E-state index contributed by atoms with van der Waals surface area (Å²) in [6, 6.07) is 0. The molecule has 0 unspecified atom stereocenters. The van der Waals surface area contributed by atoms with Gasteiger partial charge in [-0.15, -0.1) is 0 Å². The fraction of sp³-hybridized carbons (Fsp3) is 0.600. The van der Waals surface area contributed by atoms with Crippen molar-refractivity contribution in [3.63, 3.8) is 0 Å². The molecule has 128 valence electrons. The molecular weight excluding hydrogens is 288 g/mol. The highest BCUT2D eigenvalue weighted by Crippen LogP contribution is 2.31. The number of carboxylic acids is 1. The van der Waals surface area contributed by atoms with E-state index < -0.39 is 5.97 Å². The molecule has 1 rings (SSSR count). The van der Waals surface area contributed by atoms with Crippen LogP contribution in [0.1, 0.15) is 71.1 Å². The Morgan fingerprint density at radius 2 is 1.96 bits per heavy atom. The summed E-state index contributed by atoms with van der Waals surface area (Å²) in [7, 11) is 0. The van der Waals surface area contributed by atoms with Gasteiger partial charge >= 0.3 is 5.97 Å². The summed E-state index contributed by atoms with van der Waals surface area (Å²) < 4.78 is 0. The van der Waals surface area contributed by atoms with Crippen LogP contribution in [0.4, 0.5) is 0 Å². The average Bonchev–Trinajstić information content (AvgIpc) is 2.86. The van der Waals surface area contributed by atoms with Crippen LogP contribution < -0.4 is 0 Å². The van der Waals surface area contributed by atoms with Gasteiger partial charge in [-0.1, -0.05) is 50.1 Å². The first-order chi connectivity index (χ1) is 11.1. The third kappa shape index (κ3) is 8.53. The molecule has 0 spiro atoms. The van der Waals surface area contributed by atoms with Gasteiger partial charge in [0, 0.05) is 12.8 Å². The molecule has 0 aromatic heterocycles. The van der Waals surface area contributed by atoms with Gasteiger partial charge in [-0.2, -0.15) is 0 Å². The first-order valence-corrected chi connectivity index (χ1v) is 8.91. The van der Waals surface area contributed by atoms with E-state index in [1.807, 2.05) is 18.2 Å². The van der Waals surface area contributed by atoms with Crippen molar-refractivity contribution in [2.24, 2.45) is 5.92 Å². The third-order valence-electron chi connectivity index (χ3n) is 4.22. The van der Waals surface area contributed by atoms with E-state index in [0.29, 0.717) is 18.8 Å². The zero-order valence-corrected chi connectivity index (χ0v) is 14.3. The second-order valence-electron chi connectivity index (χ2n) is 6.20. The molecule has 0 aliphatic heterocycles. The summed E-state index contributed by atoms with van der Waals surface area (Å²) in [4.78, 5) is 22.4. The number of allylic oxidation sites excluding steroid dienone is 6. The third-order valence-corrected chi connectivity index (χ3v) is 4.22. The maximum absolute atomic E-state index is 12.0. The van der Waals surface area contributed by atoms with E-state index in [-0.39, 0.29) is 12.2 Å². The van der Waals surface area contributed by atoms with E-state index in [1.54, 1.807) is 0 Å². The topological polar surface area (TPSA) is 54.4 Å². The lowest BCUT2D eigenvalue weighted by molar-refractivity contribution is -0.137. The summed E-state index contributed by atoms with van der Waals surface area (Å²) in [6.45, 7) is 2.20. The highest BCUT2D eigenvalue weighted by molar-refractivity contribution is 5.98. The van der Waals surface area contributed by atoms with Crippen LogP contribution in [-0.4, -0.2) is 16.9 Å². The molecule has 0 radical (unpaired) electrons. The van der Waals surface area contributed by atoms with Crippen LogP contribution in [-0.2, 0) is 9.59 Å². The van der Waals surface area contributed by atoms with Crippen molar-refractivity contribution >= 4 is 11.8 Å². The smallest absolute Gasteiger partial charge is 0.303 e. The predicted molar refractivity (Wildman–Crippen MR) is 94.3 cm³/mol. The van der Waals surface area contributed by atoms with Gasteiger partial charge in [0.1, 0.15) is 0 Å². The van der Waals surface area contributed by atoms with Gasteiger partial charge in [0.05, 0.1) is 0 Å². The number of ketones is 1. The summed E-state index contributed by atoms with van der Waals surface area (Å²) >= 11 is 0. The Morgan fingerprint density at radius 1 is 1.17 bits per heavy atom. The summed E-state index contributed by atoms with van der Waals surface area (Å²) in [6.07, 6.45) is 19.3. The lowest BCUT2D eigenvalue weighted by Gasteiger charge is -2.06. The Kier molecular flexibility index (Phi) is 10.0. The molecule has 0 aromatic rings. The van der Waals surface area contributed by atoms with Crippen molar-refractivity contribution in [2.45, 2.75) is 71.1 Å². The number of aliphatic carboxylic acids is 1. The van der Waals surface area contributed by atoms with Crippen LogP contribution in [0, 0.1) is 5.92 Å². The molecule has 0 saturated heterocycles. The van der Waals surface area contributed by atoms with E-state index in [2.05, 4.69) is 19.1 Å². The molecule has 23 heavy (non-hydrogen) atoms. The molecule has 1 atom stereocenters. The maximum atomic E-state index is 12.0. The maximum Gasteiger partial charge on any atom is 0.303 e. The van der Waals surface area contributed by atoms with Crippen molar-refractivity contribution in [3.8, 4) is 0 Å². The van der Waals surface area contributed by atoms with Crippen molar-refractivity contribution in [2.75, 3.05) is 0 Å². The number of carbonyl (C=O) groups is 2. The molecule has 3 heteroatoms. The van der Waals surface area contributed by atoms with Crippen LogP contribution in [0.15, 0.2) is 36.0 Å². The molecule has 1 saturated carbocycles. The minimum Gasteiger partial charge on any atom is -0.481 e. The fourth-order valence-corrected chi connectivity index (χ4v) is 2.84. The first-order valence-electron chi connectivity index (χ1n) is 8.91. The van der Waals surface area contributed by atoms with Crippen molar-refractivity contribution in [3.05, 3.63) is 36.0 Å². The van der Waals surface area contributed by atoms with E-state index in [9.17, 15) is 9.59 Å². The largest absolute Gasteiger partial charge is 0.481 e. The molecule has 0 amide bonds. The Bertz CT molecular complexity index is 458. The standard InChI is InChI=1S/C20H30O3/c1-2-3-4-5-6-10-13-18-17(15-16-19(18)21)12-9-7-8-11-14-20(22)23/h6-7,9-10,13,17H,2-5,8,11-12,14-16H2,1H3,(H,22,23)/b9-7-,10-6-,18-13-/t17-/m0/s1. The zero-order valence-electron chi connectivity index (χ0n) is 14.3. The SMILES string of the molecule is CCCCC/C=C\C=C1/C(=O)CC[C@@H]1C/C=C\CCCC(=O)O. The zero-order chi connectivity index (χ0) is 16.9. The Morgan fingerprint density at radius 3 is 2.70 bits per heavy atom. The summed E-state index contributed by atoms with van der Waals surface area (Å²) in [5, 5.41) is 8.58. The highest BCUT2D eigenvalue weighted by atomic mass is 16.4. The van der Waals surface area contributed by atoms with E-state index in [0.717, 1.165) is 31.3 Å². The molecule has 1 fully saturated rings. The Balaban J connectivity index is 2.37. The second kappa shape index (κ2) is 11.9. The molecule has 1 aliphatic carbocycles. The fourth-order valence-electron chi connectivity index (χ4n) is 2.84. The minimum absolute atomic E-state index is 0.222. The minimum atomic E-state index is -0.740. The van der Waals surface area contributed by atoms with Crippen LogP contribution >= 0.6 is 0 Å². The van der Waals surface area contributed by atoms with Gasteiger partial charge in [-0.3, -0.25) is 9.59 Å². The van der Waals surface area contributed by atoms with Gasteiger partial charge in [0.25, 0.3) is 0 Å². The van der Waals surface area contributed by atoms with Crippen LogP contribution in [0.25, 0.3) is 0 Å². The van der Waals surface area contributed by atoms with Crippen LogP contribution in [0.2, 0.25) is 0 Å². The van der Waals surface area contributed by atoms with E-state index in [1.165, 1.54) is 19.3 Å². The quantitative estimate of drug-likeness (QED) is 0.322. The lowest BCUT2D eigenvalue weighted by atomic mass is 9.97. The van der Waals surface area contributed by atoms with Crippen LogP contribution in [0.3, 0.4) is 0 Å². The molecule has 1 aliphatic rings. The van der Waals surface area contributed by atoms with Crippen LogP contribution in [0.5, 0.6) is 0 Å². The molecule has 1 N–H and O–H groups in total. The Labute approximate surface area is 140 Å². The molecule has 0 heterocycles. The van der Waals surface area contributed by atoms with Gasteiger partial charge in [-0.25, -0.2) is 0 Å². The number of hydrogen-bond donors (Lipinski definition) is 1. The van der Waals surface area contributed by atoms with E-state index >= 15 is 0 Å². The summed E-state index contributed by atoms with van der Waals surface area (Å²) in [5.41, 5.74) is 0.965. The van der Waals surface area contributed by atoms with Gasteiger partial charge in [-0.05, 0) is 50.0 Å². The number of rotatable bonds is 11. The number of hydrogen-bond acceptors (Lipinski definition) is 2. The van der Waals surface area contributed by atoms with Crippen molar-refractivity contribution in [1.29, 1.82) is 0 Å². The number of carbonyl (C=O) groups excluding carboxylic acids is 1. The van der Waals surface area contributed by atoms with E-state index in [4.69, 9.17) is 5.11 Å². The average molecular weight is 318 g/mol. The molecular formula is C20H30O3. The first kappa shape index (κ1) is 19.4. The number of Topliss-reactive ketones (excluding diaryl/α,β-unsaturated/α-hetero) is 1.